The largest absolute Gasteiger partial charge is 0.352 e. The van der Waals surface area contributed by atoms with Crippen molar-refractivity contribution >= 4 is 11.8 Å². The van der Waals surface area contributed by atoms with Crippen LogP contribution in [-0.4, -0.2) is 28.8 Å². The molecule has 1 atom stereocenters. The van der Waals surface area contributed by atoms with Crippen LogP contribution in [0.25, 0.3) is 0 Å². The van der Waals surface area contributed by atoms with Crippen LogP contribution in [0.15, 0.2) is 84.9 Å². The summed E-state index contributed by atoms with van der Waals surface area (Å²) in [6.07, 6.45) is 0.721. The summed E-state index contributed by atoms with van der Waals surface area (Å²) < 4.78 is 0. The Labute approximate surface area is 191 Å². The van der Waals surface area contributed by atoms with Crippen molar-refractivity contribution in [2.24, 2.45) is 0 Å². The number of amides is 2. The van der Waals surface area contributed by atoms with Crippen molar-refractivity contribution in [2.45, 2.75) is 52.2 Å². The normalized spacial score (nSPS) is 11.8. The summed E-state index contributed by atoms with van der Waals surface area (Å²) in [6.45, 7) is 6.30. The topological polar surface area (TPSA) is 49.4 Å². The molecule has 4 heteroatoms. The second kappa shape index (κ2) is 11.3. The van der Waals surface area contributed by atoms with Gasteiger partial charge in [0.1, 0.15) is 6.04 Å². The minimum absolute atomic E-state index is 0.00850. The molecule has 0 aliphatic carbocycles. The number of carbonyl (C=O) groups excluding carboxylic acids is 2. The number of nitrogens with zero attached hydrogens (tertiary/aromatic N) is 1. The first-order chi connectivity index (χ1) is 15.4. The van der Waals surface area contributed by atoms with Crippen molar-refractivity contribution in [3.8, 4) is 0 Å². The third-order valence-corrected chi connectivity index (χ3v) is 5.34. The Balaban J connectivity index is 1.96. The molecule has 166 valence electrons. The molecular formula is C28H32N2O2. The number of aryl methyl sites for hydroxylation is 1. The van der Waals surface area contributed by atoms with Crippen molar-refractivity contribution < 1.29 is 9.59 Å². The lowest BCUT2D eigenvalue weighted by Gasteiger charge is -2.32. The second-order valence-corrected chi connectivity index (χ2v) is 8.54. The van der Waals surface area contributed by atoms with E-state index in [0.29, 0.717) is 13.0 Å². The van der Waals surface area contributed by atoms with Crippen LogP contribution in [0.2, 0.25) is 0 Å². The average Bonchev–Trinajstić information content (AvgIpc) is 2.77. The third-order valence-electron chi connectivity index (χ3n) is 5.34. The Morgan fingerprint density at radius 1 is 0.812 bits per heavy atom. The van der Waals surface area contributed by atoms with Gasteiger partial charge in [0, 0.05) is 19.0 Å². The Bertz CT molecular complexity index is 1020. The van der Waals surface area contributed by atoms with E-state index in [2.05, 4.69) is 11.4 Å². The van der Waals surface area contributed by atoms with Crippen LogP contribution >= 0.6 is 0 Å². The molecule has 0 bridgehead atoms. The van der Waals surface area contributed by atoms with E-state index in [0.717, 1.165) is 22.3 Å². The molecule has 32 heavy (non-hydrogen) atoms. The van der Waals surface area contributed by atoms with Crippen LogP contribution < -0.4 is 5.32 Å². The van der Waals surface area contributed by atoms with E-state index in [4.69, 9.17) is 0 Å². The van der Waals surface area contributed by atoms with Gasteiger partial charge in [-0.05, 0) is 37.5 Å². The number of hydrogen-bond donors (Lipinski definition) is 1. The lowest BCUT2D eigenvalue weighted by Crippen LogP contribution is -2.52. The van der Waals surface area contributed by atoms with Gasteiger partial charge in [-0.3, -0.25) is 9.59 Å². The summed E-state index contributed by atoms with van der Waals surface area (Å²) in [5.74, 6) is -0.185. The number of rotatable bonds is 9. The van der Waals surface area contributed by atoms with Crippen LogP contribution in [0.4, 0.5) is 0 Å². The number of carbonyl (C=O) groups is 2. The fraction of sp³-hybridized carbons (Fsp3) is 0.286. The molecule has 0 aromatic heterocycles. The van der Waals surface area contributed by atoms with Gasteiger partial charge in [-0.25, -0.2) is 0 Å². The van der Waals surface area contributed by atoms with Crippen molar-refractivity contribution in [3.05, 3.63) is 107 Å². The van der Waals surface area contributed by atoms with E-state index < -0.39 is 6.04 Å². The highest BCUT2D eigenvalue weighted by atomic mass is 16.2. The highest BCUT2D eigenvalue weighted by Gasteiger charge is 2.30. The molecule has 0 saturated carbocycles. The lowest BCUT2D eigenvalue weighted by molar-refractivity contribution is -0.141. The van der Waals surface area contributed by atoms with Gasteiger partial charge in [-0.2, -0.15) is 0 Å². The zero-order valence-electron chi connectivity index (χ0n) is 19.1. The molecular weight excluding hydrogens is 396 g/mol. The average molecular weight is 429 g/mol. The Morgan fingerprint density at radius 2 is 1.41 bits per heavy atom. The molecule has 0 heterocycles. The monoisotopic (exact) mass is 428 g/mol. The van der Waals surface area contributed by atoms with Gasteiger partial charge in [-0.15, -0.1) is 0 Å². The first-order valence-electron chi connectivity index (χ1n) is 11.2. The Hall–Kier alpha value is -3.40. The zero-order chi connectivity index (χ0) is 22.9. The summed E-state index contributed by atoms with van der Waals surface area (Å²) in [7, 11) is 0. The fourth-order valence-corrected chi connectivity index (χ4v) is 3.81. The zero-order valence-corrected chi connectivity index (χ0v) is 19.1. The molecule has 3 aromatic rings. The molecule has 1 unspecified atom stereocenters. The van der Waals surface area contributed by atoms with E-state index >= 15 is 0 Å². The van der Waals surface area contributed by atoms with Crippen molar-refractivity contribution in [1.29, 1.82) is 0 Å². The Kier molecular flexibility index (Phi) is 8.20. The maximum absolute atomic E-state index is 13.6. The number of benzene rings is 3. The van der Waals surface area contributed by atoms with Crippen LogP contribution in [0.5, 0.6) is 0 Å². The first kappa shape index (κ1) is 23.3. The predicted molar refractivity (Wildman–Crippen MR) is 129 cm³/mol. The van der Waals surface area contributed by atoms with Gasteiger partial charge in [0.05, 0.1) is 6.42 Å². The summed E-state index contributed by atoms with van der Waals surface area (Å²) >= 11 is 0. The summed E-state index contributed by atoms with van der Waals surface area (Å²) in [6, 6.07) is 27.1. The molecule has 3 aromatic carbocycles. The smallest absolute Gasteiger partial charge is 0.243 e. The minimum Gasteiger partial charge on any atom is -0.352 e. The number of nitrogens with one attached hydrogen (secondary N) is 1. The predicted octanol–water partition coefficient (Wildman–Crippen LogP) is 4.70. The molecule has 0 saturated heterocycles. The summed E-state index contributed by atoms with van der Waals surface area (Å²) in [5.41, 5.74) is 4.11. The molecule has 2 amide bonds. The van der Waals surface area contributed by atoms with Gasteiger partial charge < -0.3 is 10.2 Å². The maximum atomic E-state index is 13.6. The van der Waals surface area contributed by atoms with Gasteiger partial charge in [0.25, 0.3) is 0 Å². The van der Waals surface area contributed by atoms with Crippen LogP contribution in [0.1, 0.15) is 36.1 Å². The van der Waals surface area contributed by atoms with Gasteiger partial charge >= 0.3 is 0 Å². The van der Waals surface area contributed by atoms with Crippen LogP contribution in [0.3, 0.4) is 0 Å². The molecule has 4 nitrogen and oxygen atoms in total. The van der Waals surface area contributed by atoms with E-state index in [1.165, 1.54) is 0 Å². The van der Waals surface area contributed by atoms with Crippen LogP contribution in [0, 0.1) is 6.92 Å². The fourth-order valence-electron chi connectivity index (χ4n) is 3.81. The van der Waals surface area contributed by atoms with Crippen molar-refractivity contribution in [2.75, 3.05) is 0 Å². The van der Waals surface area contributed by atoms with Gasteiger partial charge in [0.2, 0.25) is 11.8 Å². The quantitative estimate of drug-likeness (QED) is 0.537. The SMILES string of the molecule is Cc1cccc(CN(C(=O)Cc2ccccc2)C(Cc2ccccc2)C(=O)NC(C)C)c1. The standard InChI is InChI=1S/C28H32N2O2/c1-21(2)29-28(32)26(18-23-12-6-4-7-13-23)30(20-25-16-10-11-22(3)17-25)27(31)19-24-14-8-5-9-15-24/h4-17,21,26H,18-20H2,1-3H3,(H,29,32). The molecule has 0 aliphatic rings. The maximum Gasteiger partial charge on any atom is 0.243 e. The third kappa shape index (κ3) is 6.81. The van der Waals surface area contributed by atoms with E-state index in [1.807, 2.05) is 99.6 Å². The lowest BCUT2D eigenvalue weighted by atomic mass is 10.0. The number of hydrogen-bond acceptors (Lipinski definition) is 2. The summed E-state index contributed by atoms with van der Waals surface area (Å²) in [5, 5.41) is 3.03. The molecule has 0 aliphatic heterocycles. The van der Waals surface area contributed by atoms with Crippen LogP contribution in [-0.2, 0) is 29.0 Å². The minimum atomic E-state index is -0.600. The Morgan fingerprint density at radius 3 is 2.00 bits per heavy atom. The van der Waals surface area contributed by atoms with E-state index in [9.17, 15) is 9.59 Å². The van der Waals surface area contributed by atoms with E-state index in [-0.39, 0.29) is 24.3 Å². The first-order valence-corrected chi connectivity index (χ1v) is 11.2. The second-order valence-electron chi connectivity index (χ2n) is 8.54. The summed E-state index contributed by atoms with van der Waals surface area (Å²) in [4.78, 5) is 28.6. The molecule has 0 fully saturated rings. The highest BCUT2D eigenvalue weighted by Crippen LogP contribution is 2.17. The molecule has 1 N–H and O–H groups in total. The highest BCUT2D eigenvalue weighted by molar-refractivity contribution is 5.89. The van der Waals surface area contributed by atoms with Crippen molar-refractivity contribution in [1.82, 2.24) is 10.2 Å². The molecule has 0 spiro atoms. The molecule has 3 rings (SSSR count). The van der Waals surface area contributed by atoms with Gasteiger partial charge in [0.15, 0.2) is 0 Å². The van der Waals surface area contributed by atoms with Gasteiger partial charge in [-0.1, -0.05) is 90.5 Å². The molecule has 0 radical (unpaired) electrons. The van der Waals surface area contributed by atoms with E-state index in [1.54, 1.807) is 4.90 Å². The van der Waals surface area contributed by atoms with Crippen molar-refractivity contribution in [3.63, 3.8) is 0 Å².